The van der Waals surface area contributed by atoms with Gasteiger partial charge in [0.25, 0.3) is 5.91 Å². The maximum absolute atomic E-state index is 13.1. The summed E-state index contributed by atoms with van der Waals surface area (Å²) in [6, 6.07) is 7.89. The highest BCUT2D eigenvalue weighted by atomic mass is 32.1. The van der Waals surface area contributed by atoms with Crippen LogP contribution in [0, 0.1) is 5.92 Å². The largest absolute Gasteiger partial charge is 0.336 e. The van der Waals surface area contributed by atoms with Gasteiger partial charge in [-0.05, 0) is 37.5 Å². The van der Waals surface area contributed by atoms with Crippen LogP contribution >= 0.6 is 11.3 Å². The molecule has 0 spiro atoms. The minimum atomic E-state index is -0.0924. The van der Waals surface area contributed by atoms with E-state index >= 15 is 0 Å². The fourth-order valence-corrected chi connectivity index (χ4v) is 5.10. The van der Waals surface area contributed by atoms with E-state index < -0.39 is 0 Å². The Morgan fingerprint density at radius 1 is 1.30 bits per heavy atom. The van der Waals surface area contributed by atoms with Crippen molar-refractivity contribution in [3.63, 3.8) is 0 Å². The number of aromatic nitrogens is 1. The minimum absolute atomic E-state index is 0.0676. The van der Waals surface area contributed by atoms with Gasteiger partial charge in [0.1, 0.15) is 0 Å². The molecule has 3 saturated heterocycles. The third-order valence-electron chi connectivity index (χ3n) is 5.54. The fourth-order valence-electron chi connectivity index (χ4n) is 4.13. The summed E-state index contributed by atoms with van der Waals surface area (Å²) in [6.45, 7) is 3.83. The van der Waals surface area contributed by atoms with Gasteiger partial charge in [-0.2, -0.15) is 0 Å². The van der Waals surface area contributed by atoms with E-state index in [4.69, 9.17) is 0 Å². The Hall–Kier alpha value is -2.21. The summed E-state index contributed by atoms with van der Waals surface area (Å²) in [5, 5.41) is 1.97. The highest BCUT2D eigenvalue weighted by Crippen LogP contribution is 2.31. The van der Waals surface area contributed by atoms with Crippen molar-refractivity contribution < 1.29 is 9.59 Å². The van der Waals surface area contributed by atoms with E-state index in [1.807, 2.05) is 39.4 Å². The zero-order valence-electron chi connectivity index (χ0n) is 15.6. The molecule has 0 unspecified atom stereocenters. The molecule has 0 radical (unpaired) electrons. The average Bonchev–Trinajstić information content (AvgIpc) is 2.98. The van der Waals surface area contributed by atoms with Gasteiger partial charge in [-0.3, -0.25) is 14.6 Å². The van der Waals surface area contributed by atoms with Crippen molar-refractivity contribution in [1.29, 1.82) is 0 Å². The second-order valence-corrected chi connectivity index (χ2v) is 8.47. The van der Waals surface area contributed by atoms with Gasteiger partial charge in [0.05, 0.1) is 23.7 Å². The molecular weight excluding hydrogens is 358 g/mol. The first-order chi connectivity index (χ1) is 13.2. The number of pyridine rings is 1. The van der Waals surface area contributed by atoms with Crippen LogP contribution in [0.15, 0.2) is 35.8 Å². The molecule has 0 aliphatic carbocycles. The van der Waals surface area contributed by atoms with Crippen molar-refractivity contribution in [3.05, 3.63) is 52.0 Å². The summed E-state index contributed by atoms with van der Waals surface area (Å²) >= 11 is 1.66. The molecule has 27 heavy (non-hydrogen) atoms. The van der Waals surface area contributed by atoms with Gasteiger partial charge in [-0.25, -0.2) is 0 Å². The number of piperidine rings is 1. The van der Waals surface area contributed by atoms with Crippen LogP contribution in [0.5, 0.6) is 0 Å². The highest BCUT2D eigenvalue weighted by molar-refractivity contribution is 7.10. The molecule has 2 aromatic rings. The first-order valence-electron chi connectivity index (χ1n) is 9.72. The number of fused-ring (bicyclic) bond motifs is 4. The van der Waals surface area contributed by atoms with Crippen LogP contribution in [0.25, 0.3) is 0 Å². The van der Waals surface area contributed by atoms with Gasteiger partial charge in [-0.15, -0.1) is 11.3 Å². The molecule has 3 aliphatic heterocycles. The van der Waals surface area contributed by atoms with Crippen molar-refractivity contribution in [2.24, 2.45) is 5.92 Å². The van der Waals surface area contributed by atoms with Gasteiger partial charge in [0.2, 0.25) is 5.91 Å². The molecule has 3 aliphatic rings. The van der Waals surface area contributed by atoms with E-state index in [0.29, 0.717) is 19.6 Å². The Morgan fingerprint density at radius 2 is 2.19 bits per heavy atom. The van der Waals surface area contributed by atoms with Crippen molar-refractivity contribution >= 4 is 23.2 Å². The second-order valence-electron chi connectivity index (χ2n) is 7.48. The van der Waals surface area contributed by atoms with E-state index in [2.05, 4.69) is 11.9 Å². The Balaban J connectivity index is 1.51. The number of carbonyl (C=O) groups is 2. The van der Waals surface area contributed by atoms with Gasteiger partial charge in [0.15, 0.2) is 0 Å². The second kappa shape index (κ2) is 7.80. The predicted octanol–water partition coefficient (Wildman–Crippen LogP) is 3.36. The van der Waals surface area contributed by atoms with Crippen LogP contribution in [0.4, 0.5) is 0 Å². The van der Waals surface area contributed by atoms with E-state index in [-0.39, 0.29) is 23.8 Å². The third kappa shape index (κ3) is 3.76. The number of carbonyl (C=O) groups excluding carboxylic acids is 2. The van der Waals surface area contributed by atoms with Crippen molar-refractivity contribution in [2.75, 3.05) is 13.1 Å². The smallest absolute Gasteiger partial charge is 0.254 e. The molecule has 142 valence electrons. The topological polar surface area (TPSA) is 53.5 Å². The van der Waals surface area contributed by atoms with Crippen molar-refractivity contribution in [3.8, 4) is 0 Å². The molecule has 2 aromatic heterocycles. The fraction of sp³-hybridized carbons (Fsp3) is 0.476. The maximum Gasteiger partial charge on any atom is 0.254 e. The molecular formula is C21H25N3O2S. The number of hydrogen-bond acceptors (Lipinski definition) is 4. The molecule has 5 heterocycles. The van der Waals surface area contributed by atoms with Gasteiger partial charge < -0.3 is 9.80 Å². The first kappa shape index (κ1) is 18.2. The molecule has 5 rings (SSSR count). The Bertz CT molecular complexity index is 820. The molecule has 2 amide bonds. The van der Waals surface area contributed by atoms with E-state index in [1.54, 1.807) is 17.5 Å². The van der Waals surface area contributed by atoms with Crippen molar-refractivity contribution in [1.82, 2.24) is 14.8 Å². The average molecular weight is 384 g/mol. The standard InChI is InChI=1S/C21H25N3O2S/c1-2-5-19-10-16(14-27-19)20(25)23-11-15-7-8-18(13-23)24(21(15)26)12-17-6-3-4-9-22-17/h3-4,6,9-10,14-15,18H,2,5,7-8,11-13H2,1H3/t15-,18+/m1/s1. The van der Waals surface area contributed by atoms with E-state index in [9.17, 15) is 9.59 Å². The number of nitrogens with zero attached hydrogens (tertiary/aromatic N) is 3. The zero-order chi connectivity index (χ0) is 18.8. The van der Waals surface area contributed by atoms with Gasteiger partial charge in [0, 0.05) is 35.6 Å². The van der Waals surface area contributed by atoms with Crippen LogP contribution in [-0.2, 0) is 17.8 Å². The van der Waals surface area contributed by atoms with Crippen LogP contribution in [0.2, 0.25) is 0 Å². The predicted molar refractivity (Wildman–Crippen MR) is 106 cm³/mol. The molecule has 0 N–H and O–H groups in total. The lowest BCUT2D eigenvalue weighted by Gasteiger charge is -2.35. The van der Waals surface area contributed by atoms with Crippen LogP contribution in [-0.4, -0.2) is 45.7 Å². The molecule has 2 bridgehead atoms. The van der Waals surface area contributed by atoms with Gasteiger partial charge >= 0.3 is 0 Å². The van der Waals surface area contributed by atoms with Crippen LogP contribution in [0.1, 0.15) is 47.1 Å². The molecule has 2 atom stereocenters. The summed E-state index contributed by atoms with van der Waals surface area (Å²) in [4.78, 5) is 35.5. The lowest BCUT2D eigenvalue weighted by Crippen LogP contribution is -2.47. The monoisotopic (exact) mass is 383 g/mol. The quantitative estimate of drug-likeness (QED) is 0.796. The highest BCUT2D eigenvalue weighted by Gasteiger charge is 2.42. The van der Waals surface area contributed by atoms with Crippen LogP contribution in [0.3, 0.4) is 0 Å². The van der Waals surface area contributed by atoms with Gasteiger partial charge in [-0.1, -0.05) is 19.4 Å². The number of hydrogen-bond donors (Lipinski definition) is 0. The summed E-state index contributed by atoms with van der Waals surface area (Å²) < 4.78 is 0. The number of amides is 2. The normalized spacial score (nSPS) is 22.2. The molecule has 0 saturated carbocycles. The van der Waals surface area contributed by atoms with E-state index in [1.165, 1.54) is 4.88 Å². The Morgan fingerprint density at radius 3 is 2.96 bits per heavy atom. The third-order valence-corrected chi connectivity index (χ3v) is 6.53. The number of thiophene rings is 1. The summed E-state index contributed by atoms with van der Waals surface area (Å²) in [6.07, 6.45) is 5.68. The lowest BCUT2D eigenvalue weighted by atomic mass is 9.94. The molecule has 3 fully saturated rings. The first-order valence-corrected chi connectivity index (χ1v) is 10.6. The number of rotatable bonds is 5. The Kier molecular flexibility index (Phi) is 5.25. The molecule has 0 aromatic carbocycles. The van der Waals surface area contributed by atoms with E-state index in [0.717, 1.165) is 36.9 Å². The van der Waals surface area contributed by atoms with Crippen LogP contribution < -0.4 is 0 Å². The summed E-state index contributed by atoms with van der Waals surface area (Å²) in [7, 11) is 0. The zero-order valence-corrected chi connectivity index (χ0v) is 16.5. The number of aryl methyl sites for hydroxylation is 1. The van der Waals surface area contributed by atoms with Crippen molar-refractivity contribution in [2.45, 2.75) is 45.2 Å². The lowest BCUT2D eigenvalue weighted by molar-refractivity contribution is -0.140. The molecule has 6 heteroatoms. The summed E-state index contributed by atoms with van der Waals surface area (Å²) in [5.74, 6) is 0.146. The Labute approximate surface area is 164 Å². The maximum atomic E-state index is 13.1. The minimum Gasteiger partial charge on any atom is -0.336 e. The molecule has 5 nitrogen and oxygen atoms in total. The summed E-state index contributed by atoms with van der Waals surface area (Å²) in [5.41, 5.74) is 1.67. The SMILES string of the molecule is CCCc1cc(C(=O)N2C[C@H]3CC[C@@H](C2)N(Cc2ccccn2)C3=O)cs1.